The number of nitrogens with zero attached hydrogens (tertiary/aromatic N) is 2. The summed E-state index contributed by atoms with van der Waals surface area (Å²) < 4.78 is 30.8. The van der Waals surface area contributed by atoms with E-state index < -0.39 is 33.4 Å². The van der Waals surface area contributed by atoms with Crippen LogP contribution in [0.5, 0.6) is 5.75 Å². The number of hydrogen-bond donors (Lipinski definition) is 1. The molecule has 4 rings (SSSR count). The highest BCUT2D eigenvalue weighted by molar-refractivity contribution is 9.10. The van der Waals surface area contributed by atoms with Gasteiger partial charge in [-0.1, -0.05) is 60.5 Å². The van der Waals surface area contributed by atoms with Gasteiger partial charge in [-0.15, -0.1) is 0 Å². The predicted octanol–water partition coefficient (Wildman–Crippen LogP) is 4.85. The van der Waals surface area contributed by atoms with Crippen molar-refractivity contribution in [1.82, 2.24) is 5.32 Å². The Bertz CT molecular complexity index is 1610. The maximum atomic E-state index is 14.4. The van der Waals surface area contributed by atoms with E-state index in [1.54, 1.807) is 36.3 Å². The number of carbonyl (C=O) groups excluding carboxylic acids is 3. The number of para-hydroxylation sites is 2. The van der Waals surface area contributed by atoms with Crippen molar-refractivity contribution in [3.05, 3.63) is 64.6 Å². The molecule has 0 unspecified atom stereocenters. The van der Waals surface area contributed by atoms with Gasteiger partial charge >= 0.3 is 0 Å². The van der Waals surface area contributed by atoms with Gasteiger partial charge in [-0.3, -0.25) is 14.4 Å². The molecule has 0 spiro atoms. The highest BCUT2D eigenvalue weighted by atomic mass is 79.9. The quantitative estimate of drug-likeness (QED) is 0.334. The third-order valence-electron chi connectivity index (χ3n) is 7.51. The van der Waals surface area contributed by atoms with Crippen LogP contribution in [0.2, 0.25) is 0 Å². The maximum Gasteiger partial charge on any atom is 0.251 e. The molecule has 0 aromatic heterocycles. The highest BCUT2D eigenvalue weighted by Crippen LogP contribution is 2.38. The van der Waals surface area contributed by atoms with Crippen LogP contribution in [-0.2, 0) is 30.8 Å². The lowest BCUT2D eigenvalue weighted by Crippen LogP contribution is -2.54. The fraction of sp³-hybridized carbons (Fsp3) is 0.387. The molecule has 42 heavy (non-hydrogen) atoms. The van der Waals surface area contributed by atoms with Crippen molar-refractivity contribution in [3.8, 4) is 5.75 Å². The Kier molecular flexibility index (Phi) is 9.93. The Balaban J connectivity index is 1.87. The van der Waals surface area contributed by atoms with Gasteiger partial charge in [0.1, 0.15) is 17.5 Å². The Morgan fingerprint density at radius 1 is 1.05 bits per heavy atom. The van der Waals surface area contributed by atoms with Crippen LogP contribution in [0.1, 0.15) is 38.7 Å². The molecule has 1 heterocycles. The van der Waals surface area contributed by atoms with E-state index in [1.165, 1.54) is 4.90 Å². The Labute approximate surface area is 255 Å². The number of anilines is 2. The average molecular weight is 659 g/mol. The largest absolute Gasteiger partial charge is 0.496 e. The number of carbonyl (C=O) groups is 3. The molecular formula is C31H36BrN3O6S. The van der Waals surface area contributed by atoms with Crippen LogP contribution in [0.15, 0.2) is 59.1 Å². The summed E-state index contributed by atoms with van der Waals surface area (Å²) in [5, 5.41) is 4.71. The topological polar surface area (TPSA) is 113 Å². The van der Waals surface area contributed by atoms with Gasteiger partial charge in [0.2, 0.25) is 11.8 Å². The zero-order chi connectivity index (χ0) is 30.6. The van der Waals surface area contributed by atoms with Gasteiger partial charge in [0.05, 0.1) is 31.6 Å². The van der Waals surface area contributed by atoms with E-state index in [4.69, 9.17) is 4.74 Å². The van der Waals surface area contributed by atoms with E-state index in [-0.39, 0.29) is 24.9 Å². The number of benzene rings is 3. The van der Waals surface area contributed by atoms with Crippen molar-refractivity contribution < 1.29 is 27.5 Å². The first-order valence-electron chi connectivity index (χ1n) is 13.9. The summed E-state index contributed by atoms with van der Waals surface area (Å²) in [6.45, 7) is 3.79. The van der Waals surface area contributed by atoms with Crippen molar-refractivity contribution in [2.24, 2.45) is 5.92 Å². The van der Waals surface area contributed by atoms with Crippen LogP contribution in [0.3, 0.4) is 0 Å². The predicted molar refractivity (Wildman–Crippen MR) is 169 cm³/mol. The van der Waals surface area contributed by atoms with E-state index >= 15 is 0 Å². The fourth-order valence-corrected chi connectivity index (χ4v) is 6.53. The molecular weight excluding hydrogens is 622 g/mol. The summed E-state index contributed by atoms with van der Waals surface area (Å²) in [7, 11) is -2.10. The van der Waals surface area contributed by atoms with Gasteiger partial charge < -0.3 is 19.9 Å². The van der Waals surface area contributed by atoms with Crippen molar-refractivity contribution in [2.45, 2.75) is 45.7 Å². The second-order valence-corrected chi connectivity index (χ2v) is 13.5. The number of fused-ring (bicyclic) bond motifs is 2. The molecule has 0 saturated heterocycles. The highest BCUT2D eigenvalue weighted by Gasteiger charge is 2.38. The maximum absolute atomic E-state index is 14.4. The summed E-state index contributed by atoms with van der Waals surface area (Å²) in [5.41, 5.74) is 1.56. The van der Waals surface area contributed by atoms with Crippen LogP contribution >= 0.6 is 15.9 Å². The van der Waals surface area contributed by atoms with E-state index in [2.05, 4.69) is 21.2 Å². The van der Waals surface area contributed by atoms with Crippen LogP contribution in [0.25, 0.3) is 10.8 Å². The SMILES string of the molecule is CCC[C@@H](CC)C(=O)N[C@H]1CN(C(=O)CS(C)(=O)=O)c2ccccc2N(Cc2c(OC)ccc3c(Br)cccc23)C1=O. The molecule has 2 atom stereocenters. The molecule has 224 valence electrons. The summed E-state index contributed by atoms with van der Waals surface area (Å²) in [4.78, 5) is 44.0. The monoisotopic (exact) mass is 657 g/mol. The molecule has 0 fully saturated rings. The van der Waals surface area contributed by atoms with Gasteiger partial charge in [0, 0.05) is 22.2 Å². The average Bonchev–Trinajstić information content (AvgIpc) is 3.06. The zero-order valence-corrected chi connectivity index (χ0v) is 26.6. The van der Waals surface area contributed by atoms with Crippen molar-refractivity contribution >= 4 is 65.6 Å². The summed E-state index contributed by atoms with van der Waals surface area (Å²) >= 11 is 3.61. The molecule has 0 saturated carbocycles. The number of rotatable bonds is 10. The summed E-state index contributed by atoms with van der Waals surface area (Å²) in [6.07, 6.45) is 3.06. The van der Waals surface area contributed by atoms with Crippen LogP contribution in [0.4, 0.5) is 11.4 Å². The molecule has 1 aliphatic rings. The lowest BCUT2D eigenvalue weighted by Gasteiger charge is -2.27. The molecule has 0 aliphatic carbocycles. The third-order valence-corrected chi connectivity index (χ3v) is 8.97. The molecule has 3 aromatic rings. The molecule has 0 bridgehead atoms. The van der Waals surface area contributed by atoms with Crippen molar-refractivity contribution in [3.63, 3.8) is 0 Å². The van der Waals surface area contributed by atoms with Crippen LogP contribution < -0.4 is 19.9 Å². The lowest BCUT2D eigenvalue weighted by molar-refractivity contribution is -0.130. The standard InChI is InChI=1S/C31H36BrN3O6S/c1-5-10-20(6-2)30(37)33-25-18-34(29(36)19-42(4,39)40)26-13-7-8-14-27(26)35(31(25)38)17-23-21-11-9-12-24(32)22(21)15-16-28(23)41-3/h7-9,11-16,20,25H,5-6,10,17-19H2,1-4H3,(H,33,37)/t20-,25+/m1/s1. The number of amides is 3. The van der Waals surface area contributed by atoms with Crippen LogP contribution in [-0.4, -0.2) is 57.8 Å². The first-order chi connectivity index (χ1) is 20.0. The molecule has 9 nitrogen and oxygen atoms in total. The minimum absolute atomic E-state index is 0.0828. The zero-order valence-electron chi connectivity index (χ0n) is 24.2. The number of hydrogen-bond acceptors (Lipinski definition) is 6. The van der Waals surface area contributed by atoms with Gasteiger partial charge in [0.15, 0.2) is 9.84 Å². The summed E-state index contributed by atoms with van der Waals surface area (Å²) in [6, 6.07) is 15.3. The van der Waals surface area contributed by atoms with Gasteiger partial charge in [0.25, 0.3) is 5.91 Å². The van der Waals surface area contributed by atoms with E-state index in [0.717, 1.165) is 33.5 Å². The summed E-state index contributed by atoms with van der Waals surface area (Å²) in [5.74, 6) is -1.80. The first kappa shape index (κ1) is 31.5. The second-order valence-electron chi connectivity index (χ2n) is 10.5. The van der Waals surface area contributed by atoms with Gasteiger partial charge in [-0.2, -0.15) is 0 Å². The third kappa shape index (κ3) is 6.78. The number of sulfone groups is 1. The normalized spacial score (nSPS) is 16.1. The molecule has 11 heteroatoms. The van der Waals surface area contributed by atoms with Crippen molar-refractivity contribution in [2.75, 3.05) is 35.5 Å². The fourth-order valence-electron chi connectivity index (χ4n) is 5.43. The first-order valence-corrected chi connectivity index (χ1v) is 16.8. The van der Waals surface area contributed by atoms with Crippen molar-refractivity contribution in [1.29, 1.82) is 0 Å². The van der Waals surface area contributed by atoms with E-state index in [1.807, 2.05) is 44.2 Å². The molecule has 3 aromatic carbocycles. The smallest absolute Gasteiger partial charge is 0.251 e. The number of methoxy groups -OCH3 is 1. The number of ether oxygens (including phenoxy) is 1. The van der Waals surface area contributed by atoms with Gasteiger partial charge in [-0.25, -0.2) is 8.42 Å². The van der Waals surface area contributed by atoms with E-state index in [0.29, 0.717) is 30.0 Å². The van der Waals surface area contributed by atoms with Gasteiger partial charge in [-0.05, 0) is 53.9 Å². The molecule has 3 amide bonds. The Morgan fingerprint density at radius 2 is 1.76 bits per heavy atom. The number of halogens is 1. The molecule has 1 aliphatic heterocycles. The lowest BCUT2D eigenvalue weighted by atomic mass is 9.99. The number of nitrogens with one attached hydrogen (secondary N) is 1. The molecule has 0 radical (unpaired) electrons. The second kappa shape index (κ2) is 13.2. The van der Waals surface area contributed by atoms with Crippen LogP contribution in [0, 0.1) is 5.92 Å². The van der Waals surface area contributed by atoms with E-state index in [9.17, 15) is 22.8 Å². The Hall–Kier alpha value is -3.44. The Morgan fingerprint density at radius 3 is 2.40 bits per heavy atom. The minimum Gasteiger partial charge on any atom is -0.496 e. The molecule has 1 N–H and O–H groups in total. The minimum atomic E-state index is -3.66.